The minimum Gasteiger partial charge on any atom is -0.386 e. The summed E-state index contributed by atoms with van der Waals surface area (Å²) in [5.41, 5.74) is 0.566. The Balaban J connectivity index is 1.84. The summed E-state index contributed by atoms with van der Waals surface area (Å²) in [6.07, 6.45) is 2.46. The van der Waals surface area contributed by atoms with Crippen molar-refractivity contribution in [3.8, 4) is 0 Å². The molecule has 0 fully saturated rings. The number of thioether (sulfide) groups is 1. The maximum Gasteiger partial charge on any atom is 0.230 e. The van der Waals surface area contributed by atoms with E-state index in [2.05, 4.69) is 10.3 Å². The van der Waals surface area contributed by atoms with E-state index < -0.39 is 12.1 Å². The highest BCUT2D eigenvalue weighted by Crippen LogP contribution is 2.18. The molecule has 1 amide bonds. The molecule has 22 heavy (non-hydrogen) atoms. The summed E-state index contributed by atoms with van der Waals surface area (Å²) in [7, 11) is 0. The second-order valence-corrected chi connectivity index (χ2v) is 5.87. The Morgan fingerprint density at radius 2 is 1.91 bits per heavy atom. The van der Waals surface area contributed by atoms with Crippen LogP contribution in [0.25, 0.3) is 0 Å². The third-order valence-electron chi connectivity index (χ3n) is 3.09. The van der Waals surface area contributed by atoms with Gasteiger partial charge in [0.1, 0.15) is 5.82 Å². The molecule has 1 heterocycles. The summed E-state index contributed by atoms with van der Waals surface area (Å²) in [6, 6.07) is 8.78. The number of nitrogens with zero attached hydrogens (tertiary/aromatic N) is 1. The molecule has 0 saturated carbocycles. The van der Waals surface area contributed by atoms with Gasteiger partial charge in [-0.2, -0.15) is 0 Å². The second kappa shape index (κ2) is 7.91. The molecule has 2 N–H and O–H groups in total. The fourth-order valence-corrected chi connectivity index (χ4v) is 2.60. The van der Waals surface area contributed by atoms with Gasteiger partial charge in [-0.25, -0.2) is 4.39 Å². The standard InChI is InChI=1S/C16H17FN2O2S/c1-11(16(21)12-2-4-13(17)5-3-12)19-15(20)10-22-14-6-8-18-9-7-14/h2-9,11,16,21H,10H2,1H3,(H,19,20). The van der Waals surface area contributed by atoms with Crippen molar-refractivity contribution < 1.29 is 14.3 Å². The van der Waals surface area contributed by atoms with E-state index in [4.69, 9.17) is 0 Å². The molecular weight excluding hydrogens is 303 g/mol. The summed E-state index contributed by atoms with van der Waals surface area (Å²) in [6.45, 7) is 1.71. The second-order valence-electron chi connectivity index (χ2n) is 4.82. The van der Waals surface area contributed by atoms with Gasteiger partial charge in [0.05, 0.1) is 17.9 Å². The molecule has 0 aliphatic carbocycles. The van der Waals surface area contributed by atoms with Gasteiger partial charge in [-0.3, -0.25) is 9.78 Å². The van der Waals surface area contributed by atoms with E-state index in [0.717, 1.165) is 4.90 Å². The van der Waals surface area contributed by atoms with Gasteiger partial charge in [0.2, 0.25) is 5.91 Å². The monoisotopic (exact) mass is 320 g/mol. The Kier molecular flexibility index (Phi) is 5.91. The molecule has 6 heteroatoms. The van der Waals surface area contributed by atoms with E-state index in [0.29, 0.717) is 5.56 Å². The molecular formula is C16H17FN2O2S. The fraction of sp³-hybridized carbons (Fsp3) is 0.250. The highest BCUT2D eigenvalue weighted by molar-refractivity contribution is 8.00. The van der Waals surface area contributed by atoms with Crippen LogP contribution in [0, 0.1) is 5.82 Å². The molecule has 1 aromatic heterocycles. The van der Waals surface area contributed by atoms with E-state index in [9.17, 15) is 14.3 Å². The quantitative estimate of drug-likeness (QED) is 0.803. The fourth-order valence-electron chi connectivity index (χ4n) is 1.91. The van der Waals surface area contributed by atoms with Gasteiger partial charge in [0.15, 0.2) is 0 Å². The first-order valence-corrected chi connectivity index (χ1v) is 7.80. The molecule has 2 rings (SSSR count). The van der Waals surface area contributed by atoms with Crippen molar-refractivity contribution in [3.63, 3.8) is 0 Å². The molecule has 0 bridgehead atoms. The van der Waals surface area contributed by atoms with Crippen molar-refractivity contribution in [2.24, 2.45) is 0 Å². The van der Waals surface area contributed by atoms with Crippen LogP contribution in [-0.4, -0.2) is 27.8 Å². The first kappa shape index (κ1) is 16.5. The van der Waals surface area contributed by atoms with Gasteiger partial charge in [0, 0.05) is 17.3 Å². The predicted molar refractivity (Wildman–Crippen MR) is 83.9 cm³/mol. The van der Waals surface area contributed by atoms with E-state index in [1.807, 2.05) is 12.1 Å². The lowest BCUT2D eigenvalue weighted by Crippen LogP contribution is -2.38. The lowest BCUT2D eigenvalue weighted by atomic mass is 10.0. The maximum atomic E-state index is 12.9. The average molecular weight is 320 g/mol. The third-order valence-corrected chi connectivity index (χ3v) is 4.11. The van der Waals surface area contributed by atoms with Gasteiger partial charge in [-0.15, -0.1) is 11.8 Å². The summed E-state index contributed by atoms with van der Waals surface area (Å²) in [4.78, 5) is 16.8. The van der Waals surface area contributed by atoms with Crippen LogP contribution in [0.1, 0.15) is 18.6 Å². The summed E-state index contributed by atoms with van der Waals surface area (Å²) >= 11 is 1.40. The number of hydrogen-bond donors (Lipinski definition) is 2. The Morgan fingerprint density at radius 3 is 2.55 bits per heavy atom. The summed E-state index contributed by atoms with van der Waals surface area (Å²) in [5.74, 6) is -0.276. The molecule has 0 aliphatic rings. The van der Waals surface area contributed by atoms with Crippen molar-refractivity contribution in [2.45, 2.75) is 24.0 Å². The van der Waals surface area contributed by atoms with Gasteiger partial charge in [0.25, 0.3) is 0 Å². The van der Waals surface area contributed by atoms with Crippen LogP contribution in [0.15, 0.2) is 53.7 Å². The normalized spacial score (nSPS) is 13.4. The van der Waals surface area contributed by atoms with Crippen LogP contribution < -0.4 is 5.32 Å². The number of halogens is 1. The van der Waals surface area contributed by atoms with E-state index >= 15 is 0 Å². The molecule has 4 nitrogen and oxygen atoms in total. The number of benzene rings is 1. The average Bonchev–Trinajstić information content (AvgIpc) is 2.54. The first-order valence-electron chi connectivity index (χ1n) is 6.82. The highest BCUT2D eigenvalue weighted by atomic mass is 32.2. The molecule has 2 unspecified atom stereocenters. The number of carbonyl (C=O) groups excluding carboxylic acids is 1. The maximum absolute atomic E-state index is 12.9. The Bertz CT molecular complexity index is 607. The minimum atomic E-state index is -0.879. The number of pyridine rings is 1. The van der Waals surface area contributed by atoms with E-state index in [-0.39, 0.29) is 17.5 Å². The number of aliphatic hydroxyl groups is 1. The van der Waals surface area contributed by atoms with Crippen molar-refractivity contribution in [2.75, 3.05) is 5.75 Å². The number of rotatable bonds is 6. The molecule has 0 saturated heterocycles. The molecule has 116 valence electrons. The SMILES string of the molecule is CC(NC(=O)CSc1ccncc1)C(O)c1ccc(F)cc1. The molecule has 0 radical (unpaired) electrons. The summed E-state index contributed by atoms with van der Waals surface area (Å²) in [5, 5.41) is 12.9. The Labute approximate surface area is 132 Å². The van der Waals surface area contributed by atoms with Gasteiger partial charge >= 0.3 is 0 Å². The van der Waals surface area contributed by atoms with Crippen molar-refractivity contribution in [1.82, 2.24) is 10.3 Å². The number of aliphatic hydroxyl groups excluding tert-OH is 1. The molecule has 1 aromatic carbocycles. The molecule has 2 aromatic rings. The first-order chi connectivity index (χ1) is 10.6. The number of aromatic nitrogens is 1. The minimum absolute atomic E-state index is 0.171. The lowest BCUT2D eigenvalue weighted by Gasteiger charge is -2.20. The molecule has 2 atom stereocenters. The number of carbonyl (C=O) groups is 1. The van der Waals surface area contributed by atoms with Crippen molar-refractivity contribution in [1.29, 1.82) is 0 Å². The topological polar surface area (TPSA) is 62.2 Å². The molecule has 0 spiro atoms. The lowest BCUT2D eigenvalue weighted by molar-refractivity contribution is -0.119. The van der Waals surface area contributed by atoms with E-state index in [1.54, 1.807) is 19.3 Å². The number of nitrogens with one attached hydrogen (secondary N) is 1. The summed E-state index contributed by atoms with van der Waals surface area (Å²) < 4.78 is 12.9. The highest BCUT2D eigenvalue weighted by Gasteiger charge is 2.18. The zero-order valence-corrected chi connectivity index (χ0v) is 12.9. The van der Waals surface area contributed by atoms with E-state index in [1.165, 1.54) is 36.0 Å². The van der Waals surface area contributed by atoms with Crippen LogP contribution >= 0.6 is 11.8 Å². The zero-order valence-electron chi connectivity index (χ0n) is 12.1. The Morgan fingerprint density at radius 1 is 1.27 bits per heavy atom. The Hall–Kier alpha value is -1.92. The van der Waals surface area contributed by atoms with Crippen LogP contribution in [0.5, 0.6) is 0 Å². The van der Waals surface area contributed by atoms with Crippen molar-refractivity contribution in [3.05, 3.63) is 60.2 Å². The van der Waals surface area contributed by atoms with Gasteiger partial charge in [-0.1, -0.05) is 12.1 Å². The third kappa shape index (κ3) is 4.82. The number of hydrogen-bond acceptors (Lipinski definition) is 4. The van der Waals surface area contributed by atoms with Crippen LogP contribution in [0.3, 0.4) is 0 Å². The van der Waals surface area contributed by atoms with Crippen LogP contribution in [0.2, 0.25) is 0 Å². The smallest absolute Gasteiger partial charge is 0.230 e. The number of amides is 1. The largest absolute Gasteiger partial charge is 0.386 e. The van der Waals surface area contributed by atoms with Gasteiger partial charge < -0.3 is 10.4 Å². The molecule has 0 aliphatic heterocycles. The zero-order chi connectivity index (χ0) is 15.9. The van der Waals surface area contributed by atoms with Crippen LogP contribution in [-0.2, 0) is 4.79 Å². The van der Waals surface area contributed by atoms with Crippen molar-refractivity contribution >= 4 is 17.7 Å². The van der Waals surface area contributed by atoms with Crippen LogP contribution in [0.4, 0.5) is 4.39 Å². The van der Waals surface area contributed by atoms with Gasteiger partial charge in [-0.05, 0) is 36.8 Å². The predicted octanol–water partition coefficient (Wildman–Crippen LogP) is 2.55.